The predicted molar refractivity (Wildman–Crippen MR) is 133 cm³/mol. The molecule has 0 aliphatic rings. The standard InChI is InChI=1S/C27H29FN4O3/c1-18-4-9-23(20(3)14-18)32(17-26(34)30-16-21-5-7-22(28)8-6-21)27(35)11-10-25(33)31-24-15-19(2)12-13-29-24/h4-9,12-15H,10-11,16-17H2,1-3H3,(H,30,34)(H,29,31,33). The molecule has 3 rings (SSSR count). The van der Waals surface area contributed by atoms with E-state index in [0.29, 0.717) is 11.5 Å². The molecule has 35 heavy (non-hydrogen) atoms. The van der Waals surface area contributed by atoms with E-state index < -0.39 is 0 Å². The van der Waals surface area contributed by atoms with Crippen molar-refractivity contribution in [2.24, 2.45) is 0 Å². The number of aromatic nitrogens is 1. The third-order valence-electron chi connectivity index (χ3n) is 5.40. The van der Waals surface area contributed by atoms with Crippen LogP contribution in [0.2, 0.25) is 0 Å². The molecule has 0 unspecified atom stereocenters. The number of aryl methyl sites for hydroxylation is 3. The molecule has 2 N–H and O–H groups in total. The molecular weight excluding hydrogens is 447 g/mol. The quantitative estimate of drug-likeness (QED) is 0.484. The summed E-state index contributed by atoms with van der Waals surface area (Å²) in [5, 5.41) is 5.46. The second kappa shape index (κ2) is 11.9. The first kappa shape index (κ1) is 25.6. The SMILES string of the molecule is Cc1ccnc(NC(=O)CCC(=O)N(CC(=O)NCc2ccc(F)cc2)c2ccc(C)cc2C)c1. The van der Waals surface area contributed by atoms with Crippen LogP contribution in [0, 0.1) is 26.6 Å². The molecule has 0 radical (unpaired) electrons. The number of benzene rings is 2. The lowest BCUT2D eigenvalue weighted by Crippen LogP contribution is -2.41. The summed E-state index contributed by atoms with van der Waals surface area (Å²) < 4.78 is 13.1. The Hall–Kier alpha value is -4.07. The zero-order valence-electron chi connectivity index (χ0n) is 20.1. The van der Waals surface area contributed by atoms with Crippen molar-refractivity contribution in [1.29, 1.82) is 0 Å². The van der Waals surface area contributed by atoms with Crippen LogP contribution in [-0.4, -0.2) is 29.3 Å². The average Bonchev–Trinajstić information content (AvgIpc) is 2.81. The van der Waals surface area contributed by atoms with Gasteiger partial charge in [0.1, 0.15) is 18.2 Å². The zero-order valence-corrected chi connectivity index (χ0v) is 20.1. The van der Waals surface area contributed by atoms with Gasteiger partial charge in [0, 0.05) is 31.3 Å². The van der Waals surface area contributed by atoms with Gasteiger partial charge in [-0.15, -0.1) is 0 Å². The number of carbonyl (C=O) groups is 3. The normalized spacial score (nSPS) is 10.5. The molecule has 182 valence electrons. The minimum absolute atomic E-state index is 0.0485. The van der Waals surface area contributed by atoms with Crippen LogP contribution in [0.15, 0.2) is 60.8 Å². The summed E-state index contributed by atoms with van der Waals surface area (Å²) in [6.45, 7) is 5.71. The molecular formula is C27H29FN4O3. The second-order valence-electron chi connectivity index (χ2n) is 8.44. The molecule has 7 nitrogen and oxygen atoms in total. The smallest absolute Gasteiger partial charge is 0.240 e. The third kappa shape index (κ3) is 7.74. The number of halogens is 1. The van der Waals surface area contributed by atoms with Crippen molar-refractivity contribution in [3.63, 3.8) is 0 Å². The fraction of sp³-hybridized carbons (Fsp3) is 0.259. The van der Waals surface area contributed by atoms with Gasteiger partial charge in [-0.25, -0.2) is 9.37 Å². The lowest BCUT2D eigenvalue weighted by atomic mass is 10.1. The van der Waals surface area contributed by atoms with Gasteiger partial charge in [-0.2, -0.15) is 0 Å². The molecule has 1 aromatic heterocycles. The van der Waals surface area contributed by atoms with Gasteiger partial charge in [0.15, 0.2) is 0 Å². The molecule has 1 heterocycles. The number of rotatable bonds is 9. The van der Waals surface area contributed by atoms with Crippen LogP contribution in [0.1, 0.15) is 35.1 Å². The summed E-state index contributed by atoms with van der Waals surface area (Å²) in [5.41, 5.74) is 4.19. The molecule has 8 heteroatoms. The van der Waals surface area contributed by atoms with E-state index in [0.717, 1.165) is 22.3 Å². The Morgan fingerprint density at radius 3 is 2.29 bits per heavy atom. The highest BCUT2D eigenvalue weighted by Gasteiger charge is 2.21. The fourth-order valence-electron chi connectivity index (χ4n) is 3.58. The highest BCUT2D eigenvalue weighted by atomic mass is 19.1. The Kier molecular flexibility index (Phi) is 8.67. The van der Waals surface area contributed by atoms with Crippen LogP contribution in [-0.2, 0) is 20.9 Å². The molecule has 2 aromatic carbocycles. The first-order valence-corrected chi connectivity index (χ1v) is 11.3. The van der Waals surface area contributed by atoms with Gasteiger partial charge in [-0.1, -0.05) is 29.8 Å². The van der Waals surface area contributed by atoms with Crippen molar-refractivity contribution >= 4 is 29.2 Å². The van der Waals surface area contributed by atoms with Crippen molar-refractivity contribution in [1.82, 2.24) is 10.3 Å². The topological polar surface area (TPSA) is 91.4 Å². The van der Waals surface area contributed by atoms with Gasteiger partial charge < -0.3 is 15.5 Å². The average molecular weight is 477 g/mol. The van der Waals surface area contributed by atoms with Crippen molar-refractivity contribution < 1.29 is 18.8 Å². The van der Waals surface area contributed by atoms with Gasteiger partial charge in [0.05, 0.1) is 0 Å². The molecule has 0 fully saturated rings. The largest absolute Gasteiger partial charge is 0.350 e. The van der Waals surface area contributed by atoms with E-state index in [1.807, 2.05) is 39.0 Å². The van der Waals surface area contributed by atoms with Gasteiger partial charge >= 0.3 is 0 Å². The second-order valence-corrected chi connectivity index (χ2v) is 8.44. The summed E-state index contributed by atoms with van der Waals surface area (Å²) >= 11 is 0. The predicted octanol–water partition coefficient (Wildman–Crippen LogP) is 4.21. The zero-order chi connectivity index (χ0) is 25.4. The Morgan fingerprint density at radius 1 is 0.886 bits per heavy atom. The molecule has 0 atom stereocenters. The van der Waals surface area contributed by atoms with E-state index in [2.05, 4.69) is 15.6 Å². The van der Waals surface area contributed by atoms with Crippen LogP contribution < -0.4 is 15.5 Å². The molecule has 0 spiro atoms. The summed E-state index contributed by atoms with van der Waals surface area (Å²) in [4.78, 5) is 43.7. The van der Waals surface area contributed by atoms with Gasteiger partial charge in [0.2, 0.25) is 17.7 Å². The first-order chi connectivity index (χ1) is 16.7. The van der Waals surface area contributed by atoms with Crippen LogP contribution in [0.4, 0.5) is 15.9 Å². The monoisotopic (exact) mass is 476 g/mol. The fourth-order valence-corrected chi connectivity index (χ4v) is 3.58. The first-order valence-electron chi connectivity index (χ1n) is 11.3. The summed E-state index contributed by atoms with van der Waals surface area (Å²) in [7, 11) is 0. The van der Waals surface area contributed by atoms with E-state index in [4.69, 9.17) is 0 Å². The van der Waals surface area contributed by atoms with E-state index in [1.54, 1.807) is 30.5 Å². The van der Waals surface area contributed by atoms with Crippen LogP contribution >= 0.6 is 0 Å². The molecule has 0 saturated carbocycles. The number of pyridine rings is 1. The lowest BCUT2D eigenvalue weighted by molar-refractivity contribution is -0.125. The van der Waals surface area contributed by atoms with E-state index in [9.17, 15) is 18.8 Å². The van der Waals surface area contributed by atoms with Crippen LogP contribution in [0.25, 0.3) is 0 Å². The van der Waals surface area contributed by atoms with Gasteiger partial charge in [0.25, 0.3) is 0 Å². The van der Waals surface area contributed by atoms with Crippen LogP contribution in [0.5, 0.6) is 0 Å². The molecule has 3 aromatic rings. The molecule has 3 amide bonds. The number of nitrogens with one attached hydrogen (secondary N) is 2. The number of amides is 3. The Morgan fingerprint density at radius 2 is 1.60 bits per heavy atom. The van der Waals surface area contributed by atoms with Crippen molar-refractivity contribution in [3.05, 3.63) is 88.9 Å². The van der Waals surface area contributed by atoms with Crippen LogP contribution in [0.3, 0.4) is 0 Å². The summed E-state index contributed by atoms with van der Waals surface area (Å²) in [6, 6.07) is 15.0. The molecule has 0 bridgehead atoms. The maximum atomic E-state index is 13.1. The number of nitrogens with zero attached hydrogens (tertiary/aromatic N) is 2. The Balaban J connectivity index is 1.66. The highest BCUT2D eigenvalue weighted by molar-refractivity contribution is 6.01. The number of carbonyl (C=O) groups excluding carboxylic acids is 3. The molecule has 0 aliphatic carbocycles. The summed E-state index contributed by atoms with van der Waals surface area (Å²) in [6.07, 6.45) is 1.48. The van der Waals surface area contributed by atoms with Gasteiger partial charge in [-0.3, -0.25) is 14.4 Å². The lowest BCUT2D eigenvalue weighted by Gasteiger charge is -2.24. The Bertz CT molecular complexity index is 1210. The van der Waals surface area contributed by atoms with Crippen molar-refractivity contribution in [2.45, 2.75) is 40.2 Å². The van der Waals surface area contributed by atoms with E-state index in [1.165, 1.54) is 17.0 Å². The number of hydrogen-bond donors (Lipinski definition) is 2. The van der Waals surface area contributed by atoms with Gasteiger partial charge in [-0.05, 0) is 67.8 Å². The highest BCUT2D eigenvalue weighted by Crippen LogP contribution is 2.22. The third-order valence-corrected chi connectivity index (χ3v) is 5.40. The summed E-state index contributed by atoms with van der Waals surface area (Å²) in [5.74, 6) is -0.974. The van der Waals surface area contributed by atoms with Crippen molar-refractivity contribution in [2.75, 3.05) is 16.8 Å². The maximum absolute atomic E-state index is 13.1. The maximum Gasteiger partial charge on any atom is 0.240 e. The minimum atomic E-state index is -0.365. The van der Waals surface area contributed by atoms with E-state index in [-0.39, 0.29) is 49.5 Å². The minimum Gasteiger partial charge on any atom is -0.350 e. The number of hydrogen-bond acceptors (Lipinski definition) is 4. The Labute approximate surface area is 204 Å². The molecule has 0 aliphatic heterocycles. The molecule has 0 saturated heterocycles. The van der Waals surface area contributed by atoms with E-state index >= 15 is 0 Å². The number of anilines is 2. The van der Waals surface area contributed by atoms with Crippen molar-refractivity contribution in [3.8, 4) is 0 Å².